The molecule has 6 nitrogen and oxygen atoms in total. The Labute approximate surface area is 151 Å². The summed E-state index contributed by atoms with van der Waals surface area (Å²) in [5.41, 5.74) is 7.41. The Bertz CT molecular complexity index is 922. The zero-order valence-corrected chi connectivity index (χ0v) is 14.4. The predicted octanol–water partition coefficient (Wildman–Crippen LogP) is 2.92. The second kappa shape index (κ2) is 7.00. The minimum absolute atomic E-state index is 0.0383. The predicted molar refractivity (Wildman–Crippen MR) is 103 cm³/mol. The molecule has 4 N–H and O–H groups in total. The summed E-state index contributed by atoms with van der Waals surface area (Å²) >= 11 is 0. The number of aromatic nitrogens is 2. The molecule has 6 heteroatoms. The van der Waals surface area contributed by atoms with Gasteiger partial charge in [-0.3, -0.25) is 4.79 Å². The standard InChI is InChI=1S/C20H21N5O/c21-18(26)14-10-15(11-14)23-20-24-17-9-5-4-8-16(17)19(25-20)22-12-13-6-2-1-3-7-13/h1-9,14-15H,10-12H2,(H2,21,26)(H2,22,23,24,25). The summed E-state index contributed by atoms with van der Waals surface area (Å²) in [6, 6.07) is 18.3. The first kappa shape index (κ1) is 16.3. The molecule has 1 saturated carbocycles. The van der Waals surface area contributed by atoms with E-state index < -0.39 is 0 Å². The van der Waals surface area contributed by atoms with Crippen molar-refractivity contribution in [2.75, 3.05) is 10.6 Å². The van der Waals surface area contributed by atoms with Crippen LogP contribution in [0.2, 0.25) is 0 Å². The SMILES string of the molecule is NC(=O)C1CC(Nc2nc(NCc3ccccc3)c3ccccc3n2)C1. The molecule has 1 amide bonds. The van der Waals surface area contributed by atoms with E-state index in [9.17, 15) is 4.79 Å². The zero-order valence-electron chi connectivity index (χ0n) is 14.4. The lowest BCUT2D eigenvalue weighted by molar-refractivity contribution is -0.124. The van der Waals surface area contributed by atoms with Gasteiger partial charge < -0.3 is 16.4 Å². The highest BCUT2D eigenvalue weighted by atomic mass is 16.1. The lowest BCUT2D eigenvalue weighted by Crippen LogP contribution is -2.42. The summed E-state index contributed by atoms with van der Waals surface area (Å²) in [5, 5.41) is 7.72. The average Bonchev–Trinajstić information content (AvgIpc) is 2.63. The molecule has 0 saturated heterocycles. The van der Waals surface area contributed by atoms with Crippen molar-refractivity contribution < 1.29 is 4.79 Å². The number of carbonyl (C=O) groups is 1. The molecule has 132 valence electrons. The minimum atomic E-state index is -0.229. The first-order chi connectivity index (χ1) is 12.7. The second-order valence-corrected chi connectivity index (χ2v) is 6.66. The lowest BCUT2D eigenvalue weighted by atomic mass is 9.80. The first-order valence-corrected chi connectivity index (χ1v) is 8.79. The van der Waals surface area contributed by atoms with E-state index in [0.29, 0.717) is 12.5 Å². The third-order valence-electron chi connectivity index (χ3n) is 4.78. The number of anilines is 2. The molecule has 3 aromatic rings. The molecule has 26 heavy (non-hydrogen) atoms. The summed E-state index contributed by atoms with van der Waals surface area (Å²) < 4.78 is 0. The number of carbonyl (C=O) groups excluding carboxylic acids is 1. The van der Waals surface area contributed by atoms with Crippen LogP contribution in [0.3, 0.4) is 0 Å². The Morgan fingerprint density at radius 3 is 2.54 bits per heavy atom. The van der Waals surface area contributed by atoms with Crippen LogP contribution in [-0.4, -0.2) is 21.9 Å². The van der Waals surface area contributed by atoms with Crippen molar-refractivity contribution in [3.63, 3.8) is 0 Å². The Morgan fingerprint density at radius 2 is 1.77 bits per heavy atom. The van der Waals surface area contributed by atoms with Crippen LogP contribution in [0, 0.1) is 5.92 Å². The van der Waals surface area contributed by atoms with Crippen LogP contribution in [0.5, 0.6) is 0 Å². The minimum Gasteiger partial charge on any atom is -0.369 e. The van der Waals surface area contributed by atoms with Gasteiger partial charge in [-0.15, -0.1) is 0 Å². The number of benzene rings is 2. The highest BCUT2D eigenvalue weighted by molar-refractivity contribution is 5.90. The summed E-state index contributed by atoms with van der Waals surface area (Å²) in [4.78, 5) is 20.4. The monoisotopic (exact) mass is 347 g/mol. The number of hydrogen-bond acceptors (Lipinski definition) is 5. The number of para-hydroxylation sites is 1. The van der Waals surface area contributed by atoms with Crippen molar-refractivity contribution in [1.29, 1.82) is 0 Å². The summed E-state index contributed by atoms with van der Waals surface area (Å²) in [6.07, 6.45) is 1.47. The molecule has 4 rings (SSSR count). The highest BCUT2D eigenvalue weighted by Gasteiger charge is 2.33. The van der Waals surface area contributed by atoms with Crippen LogP contribution in [0.25, 0.3) is 10.9 Å². The number of hydrogen-bond donors (Lipinski definition) is 3. The maximum Gasteiger partial charge on any atom is 0.225 e. The van der Waals surface area contributed by atoms with Gasteiger partial charge in [0, 0.05) is 23.9 Å². The fraction of sp³-hybridized carbons (Fsp3) is 0.250. The zero-order chi connectivity index (χ0) is 17.9. The number of fused-ring (bicyclic) bond motifs is 1. The van der Waals surface area contributed by atoms with Gasteiger partial charge in [0.05, 0.1) is 5.52 Å². The van der Waals surface area contributed by atoms with Crippen molar-refractivity contribution in [2.45, 2.75) is 25.4 Å². The maximum absolute atomic E-state index is 11.2. The van der Waals surface area contributed by atoms with Crippen LogP contribution in [-0.2, 0) is 11.3 Å². The van der Waals surface area contributed by atoms with Gasteiger partial charge in [0.15, 0.2) is 0 Å². The van der Waals surface area contributed by atoms with Gasteiger partial charge in [-0.2, -0.15) is 4.98 Å². The van der Waals surface area contributed by atoms with E-state index in [1.54, 1.807) is 0 Å². The smallest absolute Gasteiger partial charge is 0.225 e. The van der Waals surface area contributed by atoms with E-state index in [-0.39, 0.29) is 17.9 Å². The molecular weight excluding hydrogens is 326 g/mol. The number of nitrogens with zero attached hydrogens (tertiary/aromatic N) is 2. The van der Waals surface area contributed by atoms with Gasteiger partial charge in [-0.05, 0) is 30.5 Å². The molecule has 0 radical (unpaired) electrons. The quantitative estimate of drug-likeness (QED) is 0.637. The number of nitrogens with one attached hydrogen (secondary N) is 2. The van der Waals surface area contributed by atoms with Gasteiger partial charge >= 0.3 is 0 Å². The normalized spacial score (nSPS) is 18.9. The highest BCUT2D eigenvalue weighted by Crippen LogP contribution is 2.30. The molecule has 0 atom stereocenters. The van der Waals surface area contributed by atoms with Crippen molar-refractivity contribution in [3.8, 4) is 0 Å². The topological polar surface area (TPSA) is 92.9 Å². The molecule has 1 heterocycles. The van der Waals surface area contributed by atoms with Crippen LogP contribution >= 0.6 is 0 Å². The van der Waals surface area contributed by atoms with E-state index in [2.05, 4.69) is 32.7 Å². The Hall–Kier alpha value is -3.15. The molecule has 0 unspecified atom stereocenters. The number of amides is 1. The van der Waals surface area contributed by atoms with E-state index in [4.69, 9.17) is 5.73 Å². The molecule has 1 aliphatic rings. The van der Waals surface area contributed by atoms with Crippen LogP contribution < -0.4 is 16.4 Å². The molecule has 0 bridgehead atoms. The third kappa shape index (κ3) is 3.44. The van der Waals surface area contributed by atoms with Crippen molar-refractivity contribution in [3.05, 3.63) is 60.2 Å². The average molecular weight is 347 g/mol. The van der Waals surface area contributed by atoms with Crippen molar-refractivity contribution >= 4 is 28.6 Å². The first-order valence-electron chi connectivity index (χ1n) is 8.79. The van der Waals surface area contributed by atoms with E-state index in [1.807, 2.05) is 42.5 Å². The van der Waals surface area contributed by atoms with E-state index in [0.717, 1.165) is 29.6 Å². The summed E-state index contributed by atoms with van der Waals surface area (Å²) in [6.45, 7) is 0.689. The molecule has 1 aliphatic carbocycles. The fourth-order valence-electron chi connectivity index (χ4n) is 3.21. The maximum atomic E-state index is 11.2. The molecule has 1 aromatic heterocycles. The van der Waals surface area contributed by atoms with Gasteiger partial charge in [0.2, 0.25) is 11.9 Å². The Kier molecular flexibility index (Phi) is 4.39. The van der Waals surface area contributed by atoms with Crippen LogP contribution in [0.15, 0.2) is 54.6 Å². The van der Waals surface area contributed by atoms with E-state index in [1.165, 1.54) is 5.56 Å². The number of nitrogens with two attached hydrogens (primary N) is 1. The second-order valence-electron chi connectivity index (χ2n) is 6.66. The fourth-order valence-corrected chi connectivity index (χ4v) is 3.21. The number of rotatable bonds is 6. The Balaban J connectivity index is 1.54. The van der Waals surface area contributed by atoms with E-state index >= 15 is 0 Å². The summed E-state index contributed by atoms with van der Waals surface area (Å²) in [5.74, 6) is 1.11. The van der Waals surface area contributed by atoms with Crippen LogP contribution in [0.4, 0.5) is 11.8 Å². The number of primary amides is 1. The Morgan fingerprint density at radius 1 is 1.04 bits per heavy atom. The molecule has 1 fully saturated rings. The van der Waals surface area contributed by atoms with Gasteiger partial charge in [-0.1, -0.05) is 42.5 Å². The van der Waals surface area contributed by atoms with Gasteiger partial charge in [0.1, 0.15) is 5.82 Å². The van der Waals surface area contributed by atoms with Gasteiger partial charge in [-0.25, -0.2) is 4.98 Å². The van der Waals surface area contributed by atoms with Crippen LogP contribution in [0.1, 0.15) is 18.4 Å². The molecule has 2 aromatic carbocycles. The van der Waals surface area contributed by atoms with Gasteiger partial charge in [0.25, 0.3) is 0 Å². The lowest BCUT2D eigenvalue weighted by Gasteiger charge is -2.33. The molecular formula is C20H21N5O. The molecule has 0 aliphatic heterocycles. The largest absolute Gasteiger partial charge is 0.369 e. The van der Waals surface area contributed by atoms with Crippen molar-refractivity contribution in [2.24, 2.45) is 11.7 Å². The third-order valence-corrected chi connectivity index (χ3v) is 4.78. The summed E-state index contributed by atoms with van der Waals surface area (Å²) in [7, 11) is 0. The molecule has 0 spiro atoms. The van der Waals surface area contributed by atoms with Crippen molar-refractivity contribution in [1.82, 2.24) is 9.97 Å².